The lowest BCUT2D eigenvalue weighted by Gasteiger charge is -2.19. The Bertz CT molecular complexity index is 1770. The first kappa shape index (κ1) is 27.0. The highest BCUT2D eigenvalue weighted by Crippen LogP contribution is 2.40. The van der Waals surface area contributed by atoms with Gasteiger partial charge in [-0.2, -0.15) is 13.2 Å². The van der Waals surface area contributed by atoms with Crippen molar-refractivity contribution in [2.75, 3.05) is 5.32 Å². The van der Waals surface area contributed by atoms with E-state index in [1.807, 2.05) is 0 Å². The van der Waals surface area contributed by atoms with Gasteiger partial charge in [-0.15, -0.1) is 0 Å². The van der Waals surface area contributed by atoms with Crippen LogP contribution in [0.1, 0.15) is 43.6 Å². The summed E-state index contributed by atoms with van der Waals surface area (Å²) < 4.78 is 69.2. The average Bonchev–Trinajstić information content (AvgIpc) is 3.22. The molecular weight excluding hydrogens is 559 g/mol. The molecule has 0 spiro atoms. The van der Waals surface area contributed by atoms with E-state index in [1.165, 1.54) is 42.1 Å². The SMILES string of the molecule is Cn1cc(-c2cc(NC(=O)c3cc(F)cc(C(F)(F)F)c3)c3c(n2)C(=O)N[C@H]3c2cc(F)ccc2Cl)ccc1=O. The molecule has 2 aromatic heterocycles. The molecule has 2 aromatic carbocycles. The van der Waals surface area contributed by atoms with E-state index in [-0.39, 0.29) is 44.9 Å². The molecule has 0 bridgehead atoms. The summed E-state index contributed by atoms with van der Waals surface area (Å²) in [7, 11) is 1.48. The van der Waals surface area contributed by atoms with E-state index in [4.69, 9.17) is 11.6 Å². The molecule has 1 aliphatic heterocycles. The summed E-state index contributed by atoms with van der Waals surface area (Å²) in [5, 5.41) is 5.15. The number of carbonyl (C=O) groups excluding carboxylic acids is 2. The fourth-order valence-electron chi connectivity index (χ4n) is 4.34. The molecule has 0 radical (unpaired) electrons. The Morgan fingerprint density at radius 2 is 1.77 bits per heavy atom. The standard InChI is InChI=1S/C27H16ClF5N4O3/c1-37-11-12(2-5-21(37)38)19-10-20(35-25(39)13-6-14(27(31,32)33)8-16(30)7-13)22-23(36-26(40)24(22)34-19)17-9-15(29)3-4-18(17)28/h2-11,23H,1H3,(H,36,40)(H,34,35,39)/t23-/m0/s1. The normalized spacial score (nSPS) is 14.6. The number of fused-ring (bicyclic) bond motifs is 1. The van der Waals surface area contributed by atoms with E-state index in [0.717, 1.165) is 12.1 Å². The van der Waals surface area contributed by atoms with Crippen LogP contribution in [0.4, 0.5) is 27.6 Å². The molecule has 204 valence electrons. The minimum absolute atomic E-state index is 0.0619. The van der Waals surface area contributed by atoms with E-state index in [2.05, 4.69) is 15.6 Å². The molecular formula is C27H16ClF5N4O3. The molecule has 2 amide bonds. The van der Waals surface area contributed by atoms with Gasteiger partial charge in [-0.05, 0) is 48.5 Å². The van der Waals surface area contributed by atoms with E-state index >= 15 is 0 Å². The van der Waals surface area contributed by atoms with Gasteiger partial charge in [0.15, 0.2) is 0 Å². The highest BCUT2D eigenvalue weighted by molar-refractivity contribution is 6.31. The smallest absolute Gasteiger partial charge is 0.340 e. The summed E-state index contributed by atoms with van der Waals surface area (Å²) in [4.78, 5) is 42.4. The molecule has 2 N–H and O–H groups in total. The highest BCUT2D eigenvalue weighted by atomic mass is 35.5. The fraction of sp³-hybridized carbons (Fsp3) is 0.111. The van der Waals surface area contributed by atoms with Crippen LogP contribution in [0.2, 0.25) is 5.02 Å². The molecule has 0 aliphatic carbocycles. The zero-order chi connectivity index (χ0) is 28.9. The maximum absolute atomic E-state index is 14.1. The number of aryl methyl sites for hydroxylation is 1. The van der Waals surface area contributed by atoms with Crippen LogP contribution in [0.5, 0.6) is 0 Å². The molecule has 3 heterocycles. The second kappa shape index (κ2) is 9.87. The number of amides is 2. The quantitative estimate of drug-likeness (QED) is 0.316. The van der Waals surface area contributed by atoms with Crippen LogP contribution < -0.4 is 16.2 Å². The van der Waals surface area contributed by atoms with Crippen molar-refractivity contribution in [1.29, 1.82) is 0 Å². The van der Waals surface area contributed by atoms with Gasteiger partial charge >= 0.3 is 6.18 Å². The highest BCUT2D eigenvalue weighted by Gasteiger charge is 2.37. The number of benzene rings is 2. The average molecular weight is 575 g/mol. The van der Waals surface area contributed by atoms with E-state index < -0.39 is 46.8 Å². The predicted molar refractivity (Wildman–Crippen MR) is 135 cm³/mol. The van der Waals surface area contributed by atoms with Gasteiger partial charge in [0.2, 0.25) is 5.56 Å². The van der Waals surface area contributed by atoms with Crippen molar-refractivity contribution >= 4 is 29.1 Å². The molecule has 0 saturated carbocycles. The molecule has 40 heavy (non-hydrogen) atoms. The Morgan fingerprint density at radius 3 is 2.48 bits per heavy atom. The lowest BCUT2D eigenvalue weighted by Crippen LogP contribution is -2.21. The summed E-state index contributed by atoms with van der Waals surface area (Å²) in [5.74, 6) is -3.77. The van der Waals surface area contributed by atoms with Crippen molar-refractivity contribution in [2.45, 2.75) is 12.2 Å². The number of hydrogen-bond donors (Lipinski definition) is 2. The summed E-state index contributed by atoms with van der Waals surface area (Å²) in [6.07, 6.45) is -3.49. The number of carbonyl (C=O) groups is 2. The Balaban J connectivity index is 1.68. The molecule has 0 fully saturated rings. The van der Waals surface area contributed by atoms with Crippen molar-refractivity contribution in [1.82, 2.24) is 14.9 Å². The minimum atomic E-state index is -4.92. The second-order valence-electron chi connectivity index (χ2n) is 8.94. The Kier molecular flexibility index (Phi) is 6.66. The zero-order valence-corrected chi connectivity index (χ0v) is 21.0. The molecule has 7 nitrogen and oxygen atoms in total. The van der Waals surface area contributed by atoms with Crippen molar-refractivity contribution in [3.63, 3.8) is 0 Å². The van der Waals surface area contributed by atoms with Gasteiger partial charge in [0, 0.05) is 46.6 Å². The van der Waals surface area contributed by atoms with Crippen LogP contribution in [0.15, 0.2) is 65.6 Å². The van der Waals surface area contributed by atoms with Gasteiger partial charge in [-0.25, -0.2) is 13.8 Å². The zero-order valence-electron chi connectivity index (χ0n) is 20.2. The van der Waals surface area contributed by atoms with Crippen LogP contribution in [0.3, 0.4) is 0 Å². The first-order valence-electron chi connectivity index (χ1n) is 11.5. The number of nitrogens with zero attached hydrogens (tertiary/aromatic N) is 2. The molecule has 5 rings (SSSR count). The van der Waals surface area contributed by atoms with Crippen LogP contribution in [0, 0.1) is 11.6 Å². The number of halogens is 6. The summed E-state index contributed by atoms with van der Waals surface area (Å²) in [5.41, 5.74) is -1.92. The third-order valence-corrected chi connectivity index (χ3v) is 6.57. The lowest BCUT2D eigenvalue weighted by atomic mass is 9.97. The maximum Gasteiger partial charge on any atom is 0.416 e. The summed E-state index contributed by atoms with van der Waals surface area (Å²) in [6.45, 7) is 0. The van der Waals surface area contributed by atoms with Crippen LogP contribution in [0.25, 0.3) is 11.3 Å². The van der Waals surface area contributed by atoms with Crippen molar-refractivity contribution in [3.05, 3.63) is 116 Å². The van der Waals surface area contributed by atoms with Crippen molar-refractivity contribution in [2.24, 2.45) is 7.05 Å². The Morgan fingerprint density at radius 1 is 1.02 bits per heavy atom. The minimum Gasteiger partial charge on any atom is -0.340 e. The first-order valence-corrected chi connectivity index (χ1v) is 11.9. The van der Waals surface area contributed by atoms with Gasteiger partial charge in [0.1, 0.15) is 17.3 Å². The van der Waals surface area contributed by atoms with Gasteiger partial charge in [-0.1, -0.05) is 11.6 Å². The summed E-state index contributed by atoms with van der Waals surface area (Å²) >= 11 is 6.28. The number of aromatic nitrogens is 2. The van der Waals surface area contributed by atoms with Gasteiger partial charge in [0.05, 0.1) is 23.0 Å². The fourth-order valence-corrected chi connectivity index (χ4v) is 4.56. The molecule has 4 aromatic rings. The van der Waals surface area contributed by atoms with E-state index in [0.29, 0.717) is 17.7 Å². The van der Waals surface area contributed by atoms with Crippen LogP contribution in [-0.2, 0) is 13.2 Å². The topological polar surface area (TPSA) is 93.1 Å². The van der Waals surface area contributed by atoms with Gasteiger partial charge < -0.3 is 15.2 Å². The Hall–Kier alpha value is -4.58. The summed E-state index contributed by atoms with van der Waals surface area (Å²) in [6, 6.07) is 7.74. The third-order valence-electron chi connectivity index (χ3n) is 6.22. The monoisotopic (exact) mass is 574 g/mol. The largest absolute Gasteiger partial charge is 0.416 e. The van der Waals surface area contributed by atoms with E-state index in [1.54, 1.807) is 0 Å². The molecule has 13 heteroatoms. The number of alkyl halides is 3. The van der Waals surface area contributed by atoms with Crippen molar-refractivity contribution < 1.29 is 31.5 Å². The predicted octanol–water partition coefficient (Wildman–Crippen LogP) is 5.48. The third kappa shape index (κ3) is 5.05. The maximum atomic E-state index is 14.1. The number of anilines is 1. The molecule has 1 aliphatic rings. The number of nitrogens with one attached hydrogen (secondary N) is 2. The number of pyridine rings is 2. The molecule has 0 saturated heterocycles. The van der Waals surface area contributed by atoms with Crippen molar-refractivity contribution in [3.8, 4) is 11.3 Å². The first-order chi connectivity index (χ1) is 18.8. The molecule has 0 unspecified atom stereocenters. The Labute approximate surface area is 227 Å². The van der Waals surface area contributed by atoms with Crippen LogP contribution >= 0.6 is 11.6 Å². The number of hydrogen-bond acceptors (Lipinski definition) is 4. The van der Waals surface area contributed by atoms with Gasteiger partial charge in [0.25, 0.3) is 11.8 Å². The number of rotatable bonds is 4. The van der Waals surface area contributed by atoms with Crippen LogP contribution in [-0.4, -0.2) is 21.4 Å². The van der Waals surface area contributed by atoms with Gasteiger partial charge in [-0.3, -0.25) is 14.4 Å². The second-order valence-corrected chi connectivity index (χ2v) is 9.34. The lowest BCUT2D eigenvalue weighted by molar-refractivity contribution is -0.137. The molecule has 1 atom stereocenters. The van der Waals surface area contributed by atoms with E-state index in [9.17, 15) is 36.3 Å².